The number of hydrogen-bond acceptors (Lipinski definition) is 3. The van der Waals surface area contributed by atoms with E-state index in [2.05, 4.69) is 20.7 Å². The Bertz CT molecular complexity index is 845. The van der Waals surface area contributed by atoms with Crippen LogP contribution in [0.2, 0.25) is 5.02 Å². The van der Waals surface area contributed by atoms with Gasteiger partial charge in [0.2, 0.25) is 0 Å². The molecule has 0 saturated heterocycles. The maximum atomic E-state index is 12.3. The fourth-order valence-electron chi connectivity index (χ4n) is 1.67. The van der Waals surface area contributed by atoms with Crippen LogP contribution in [0.25, 0.3) is 0 Å². The number of rotatable bonds is 3. The van der Waals surface area contributed by atoms with Crippen LogP contribution in [0.3, 0.4) is 0 Å². The number of halogens is 2. The van der Waals surface area contributed by atoms with Crippen LogP contribution >= 0.6 is 27.5 Å². The maximum absolute atomic E-state index is 12.3. The molecule has 21 heavy (non-hydrogen) atoms. The Morgan fingerprint density at radius 2 is 1.95 bits per heavy atom. The van der Waals surface area contributed by atoms with Gasteiger partial charge in [-0.15, -0.1) is 0 Å². The summed E-state index contributed by atoms with van der Waals surface area (Å²) in [5, 5.41) is 9.00. The molecule has 0 saturated carbocycles. The minimum Gasteiger partial charge on any atom is -0.280 e. The molecule has 0 aliphatic heterocycles. The van der Waals surface area contributed by atoms with E-state index in [9.17, 15) is 8.42 Å². The summed E-state index contributed by atoms with van der Waals surface area (Å²) in [4.78, 5) is 0.156. The highest BCUT2D eigenvalue weighted by atomic mass is 79.9. The Labute approximate surface area is 136 Å². The first kappa shape index (κ1) is 15.8. The van der Waals surface area contributed by atoms with Gasteiger partial charge in [0.25, 0.3) is 10.0 Å². The largest absolute Gasteiger partial charge is 0.280 e. The highest BCUT2D eigenvalue weighted by Gasteiger charge is 2.15. The fourth-order valence-corrected chi connectivity index (χ4v) is 3.27. The summed E-state index contributed by atoms with van der Waals surface area (Å²) < 4.78 is 27.9. The van der Waals surface area contributed by atoms with E-state index in [0.717, 1.165) is 10.0 Å². The SMILES string of the molecule is Cc1cc(S(=O)(=O)Nc2ccc(C#N)c(Cl)c2)ccc1Br. The molecule has 0 amide bonds. The van der Waals surface area contributed by atoms with Gasteiger partial charge in [-0.05, 0) is 48.9 Å². The van der Waals surface area contributed by atoms with Crippen molar-refractivity contribution in [2.24, 2.45) is 0 Å². The zero-order valence-corrected chi connectivity index (χ0v) is 14.1. The van der Waals surface area contributed by atoms with Crippen molar-refractivity contribution in [2.75, 3.05) is 4.72 Å². The molecule has 0 spiro atoms. The average Bonchev–Trinajstić information content (AvgIpc) is 2.41. The second kappa shape index (κ2) is 6.06. The fraction of sp³-hybridized carbons (Fsp3) is 0.0714. The van der Waals surface area contributed by atoms with Gasteiger partial charge in [0.15, 0.2) is 0 Å². The number of aryl methyl sites for hydroxylation is 1. The van der Waals surface area contributed by atoms with Gasteiger partial charge in [-0.25, -0.2) is 8.42 Å². The summed E-state index contributed by atoms with van der Waals surface area (Å²) in [7, 11) is -3.70. The standard InChI is InChI=1S/C14H10BrClN2O2S/c1-9-6-12(4-5-13(9)15)21(19,20)18-11-3-2-10(8-17)14(16)7-11/h2-7,18H,1H3. The molecule has 0 aromatic heterocycles. The molecule has 2 rings (SSSR count). The van der Waals surface area contributed by atoms with E-state index >= 15 is 0 Å². The average molecular weight is 386 g/mol. The van der Waals surface area contributed by atoms with Gasteiger partial charge in [-0.3, -0.25) is 4.72 Å². The number of hydrogen-bond donors (Lipinski definition) is 1. The molecule has 0 radical (unpaired) electrons. The number of nitrogens with one attached hydrogen (secondary N) is 1. The van der Waals surface area contributed by atoms with Crippen molar-refractivity contribution in [3.63, 3.8) is 0 Å². The minimum absolute atomic E-state index is 0.156. The summed E-state index contributed by atoms with van der Waals surface area (Å²) >= 11 is 9.21. The third kappa shape index (κ3) is 3.56. The smallest absolute Gasteiger partial charge is 0.261 e. The van der Waals surface area contributed by atoms with Crippen molar-refractivity contribution < 1.29 is 8.42 Å². The van der Waals surface area contributed by atoms with Crippen molar-refractivity contribution >= 4 is 43.2 Å². The highest BCUT2D eigenvalue weighted by molar-refractivity contribution is 9.10. The Kier molecular flexibility index (Phi) is 4.57. The second-order valence-electron chi connectivity index (χ2n) is 4.32. The summed E-state index contributed by atoms with van der Waals surface area (Å²) in [6.07, 6.45) is 0. The second-order valence-corrected chi connectivity index (χ2v) is 7.27. The van der Waals surface area contributed by atoms with E-state index in [1.54, 1.807) is 12.1 Å². The van der Waals surface area contributed by atoms with Crippen molar-refractivity contribution in [2.45, 2.75) is 11.8 Å². The Hall–Kier alpha value is -1.55. The van der Waals surface area contributed by atoms with Crippen molar-refractivity contribution in [3.05, 3.63) is 57.0 Å². The highest BCUT2D eigenvalue weighted by Crippen LogP contribution is 2.24. The quantitative estimate of drug-likeness (QED) is 0.865. The molecule has 2 aromatic rings. The third-order valence-corrected chi connectivity index (χ3v) is 5.36. The zero-order chi connectivity index (χ0) is 15.6. The molecule has 2 aromatic carbocycles. The maximum Gasteiger partial charge on any atom is 0.261 e. The zero-order valence-electron chi connectivity index (χ0n) is 10.9. The van der Waals surface area contributed by atoms with E-state index in [4.69, 9.17) is 16.9 Å². The van der Waals surface area contributed by atoms with Crippen LogP contribution in [-0.4, -0.2) is 8.42 Å². The number of benzene rings is 2. The molecular weight excluding hydrogens is 376 g/mol. The summed E-state index contributed by atoms with van der Waals surface area (Å²) in [6, 6.07) is 11.0. The van der Waals surface area contributed by atoms with E-state index in [1.165, 1.54) is 24.3 Å². The van der Waals surface area contributed by atoms with Crippen LogP contribution in [0.1, 0.15) is 11.1 Å². The van der Waals surface area contributed by atoms with Gasteiger partial charge in [-0.2, -0.15) is 5.26 Å². The summed E-state index contributed by atoms with van der Waals surface area (Å²) in [6.45, 7) is 1.81. The summed E-state index contributed by atoms with van der Waals surface area (Å²) in [5.74, 6) is 0. The van der Waals surface area contributed by atoms with E-state index in [0.29, 0.717) is 11.3 Å². The molecule has 0 unspecified atom stereocenters. The van der Waals surface area contributed by atoms with Gasteiger partial charge >= 0.3 is 0 Å². The first-order valence-electron chi connectivity index (χ1n) is 5.82. The third-order valence-electron chi connectivity index (χ3n) is 2.78. The van der Waals surface area contributed by atoms with Gasteiger partial charge in [-0.1, -0.05) is 27.5 Å². The number of anilines is 1. The molecule has 0 fully saturated rings. The first-order chi connectivity index (χ1) is 9.83. The lowest BCUT2D eigenvalue weighted by molar-refractivity contribution is 0.601. The molecule has 108 valence electrons. The van der Waals surface area contributed by atoms with Crippen molar-refractivity contribution in [3.8, 4) is 6.07 Å². The van der Waals surface area contributed by atoms with Crippen LogP contribution < -0.4 is 4.72 Å². The van der Waals surface area contributed by atoms with Crippen LogP contribution in [0.5, 0.6) is 0 Å². The van der Waals surface area contributed by atoms with Gasteiger partial charge in [0, 0.05) is 4.47 Å². The van der Waals surface area contributed by atoms with Crippen LogP contribution in [0, 0.1) is 18.3 Å². The number of nitrogens with zero attached hydrogens (tertiary/aromatic N) is 1. The lowest BCUT2D eigenvalue weighted by atomic mass is 10.2. The Morgan fingerprint density at radius 1 is 1.24 bits per heavy atom. The molecule has 1 N–H and O–H groups in total. The van der Waals surface area contributed by atoms with Gasteiger partial charge in [0.1, 0.15) is 6.07 Å². The molecule has 0 aliphatic carbocycles. The van der Waals surface area contributed by atoms with Crippen LogP contribution in [0.4, 0.5) is 5.69 Å². The van der Waals surface area contributed by atoms with Crippen molar-refractivity contribution in [1.82, 2.24) is 0 Å². The van der Waals surface area contributed by atoms with Crippen LogP contribution in [-0.2, 0) is 10.0 Å². The monoisotopic (exact) mass is 384 g/mol. The number of sulfonamides is 1. The first-order valence-corrected chi connectivity index (χ1v) is 8.47. The van der Waals surface area contributed by atoms with E-state index in [1.807, 2.05) is 13.0 Å². The summed E-state index contributed by atoms with van der Waals surface area (Å²) in [5.41, 5.74) is 1.41. The Morgan fingerprint density at radius 3 is 2.52 bits per heavy atom. The van der Waals surface area contributed by atoms with E-state index in [-0.39, 0.29) is 9.92 Å². The normalized spacial score (nSPS) is 11.0. The molecule has 0 aliphatic rings. The van der Waals surface area contributed by atoms with Gasteiger partial charge in [0.05, 0.1) is 21.2 Å². The lowest BCUT2D eigenvalue weighted by Crippen LogP contribution is -2.13. The molecular formula is C14H10BrClN2O2S. The lowest BCUT2D eigenvalue weighted by Gasteiger charge is -2.10. The molecule has 4 nitrogen and oxygen atoms in total. The topological polar surface area (TPSA) is 70.0 Å². The van der Waals surface area contributed by atoms with Crippen LogP contribution in [0.15, 0.2) is 45.8 Å². The predicted molar refractivity (Wildman–Crippen MR) is 85.9 cm³/mol. The molecule has 0 bridgehead atoms. The minimum atomic E-state index is -3.70. The molecule has 7 heteroatoms. The van der Waals surface area contributed by atoms with E-state index < -0.39 is 10.0 Å². The molecule has 0 atom stereocenters. The number of nitriles is 1. The van der Waals surface area contributed by atoms with Crippen molar-refractivity contribution in [1.29, 1.82) is 5.26 Å². The molecule has 0 heterocycles. The Balaban J connectivity index is 2.35. The van der Waals surface area contributed by atoms with Gasteiger partial charge < -0.3 is 0 Å². The predicted octanol–water partition coefficient (Wildman–Crippen LogP) is 4.08.